The van der Waals surface area contributed by atoms with Crippen molar-refractivity contribution in [1.29, 1.82) is 0 Å². The number of fused-ring (bicyclic) bond motifs is 2. The second-order valence-corrected chi connectivity index (χ2v) is 6.70. The Labute approximate surface area is 110 Å². The van der Waals surface area contributed by atoms with Crippen LogP contribution in [0.25, 0.3) is 0 Å². The summed E-state index contributed by atoms with van der Waals surface area (Å²) >= 11 is 0. The lowest BCUT2D eigenvalue weighted by Crippen LogP contribution is -2.34. The molecule has 2 aliphatic rings. The number of aliphatic hydroxyl groups is 1. The number of hydrogen-bond acceptors (Lipinski definition) is 1. The Morgan fingerprint density at radius 1 is 1.22 bits per heavy atom. The molecule has 0 amide bonds. The van der Waals surface area contributed by atoms with Gasteiger partial charge in [0.15, 0.2) is 0 Å². The number of aryl methyl sites for hydroxylation is 2. The van der Waals surface area contributed by atoms with Crippen LogP contribution in [0, 0.1) is 31.1 Å². The van der Waals surface area contributed by atoms with Crippen molar-refractivity contribution in [3.05, 3.63) is 34.9 Å². The smallest absolute Gasteiger partial charge is 0.0493 e. The predicted molar refractivity (Wildman–Crippen MR) is 74.6 cm³/mol. The maximum absolute atomic E-state index is 9.92. The van der Waals surface area contributed by atoms with Gasteiger partial charge in [0.1, 0.15) is 0 Å². The van der Waals surface area contributed by atoms with Crippen LogP contribution in [0.5, 0.6) is 0 Å². The van der Waals surface area contributed by atoms with Crippen LogP contribution in [0.4, 0.5) is 0 Å². The van der Waals surface area contributed by atoms with E-state index in [4.69, 9.17) is 0 Å². The average molecular weight is 244 g/mol. The van der Waals surface area contributed by atoms with Crippen LogP contribution in [0.1, 0.15) is 42.4 Å². The van der Waals surface area contributed by atoms with Crippen molar-refractivity contribution < 1.29 is 5.11 Å². The summed E-state index contributed by atoms with van der Waals surface area (Å²) in [4.78, 5) is 0. The molecule has 1 heteroatoms. The van der Waals surface area contributed by atoms with Crippen molar-refractivity contribution in [2.75, 3.05) is 6.61 Å². The minimum atomic E-state index is 0.199. The number of rotatable bonds is 3. The highest BCUT2D eigenvalue weighted by atomic mass is 16.3. The summed E-state index contributed by atoms with van der Waals surface area (Å²) in [5.74, 6) is 1.67. The first-order valence-electron chi connectivity index (χ1n) is 7.30. The molecule has 2 fully saturated rings. The molecule has 3 unspecified atom stereocenters. The van der Waals surface area contributed by atoms with Gasteiger partial charge in [-0.15, -0.1) is 0 Å². The van der Waals surface area contributed by atoms with E-state index in [0.717, 1.165) is 18.3 Å². The van der Waals surface area contributed by atoms with E-state index >= 15 is 0 Å². The Morgan fingerprint density at radius 2 is 2.06 bits per heavy atom. The molecule has 1 nitrogen and oxygen atoms in total. The predicted octanol–water partition coefficient (Wildman–Crippen LogP) is 3.64. The van der Waals surface area contributed by atoms with Gasteiger partial charge in [0, 0.05) is 12.0 Å². The zero-order valence-corrected chi connectivity index (χ0v) is 11.6. The molecule has 98 valence electrons. The van der Waals surface area contributed by atoms with Gasteiger partial charge in [-0.25, -0.2) is 0 Å². The highest BCUT2D eigenvalue weighted by Gasteiger charge is 2.50. The Balaban J connectivity index is 1.84. The van der Waals surface area contributed by atoms with E-state index in [9.17, 15) is 5.11 Å². The lowest BCUT2D eigenvalue weighted by Gasteiger charge is -2.36. The van der Waals surface area contributed by atoms with E-state index in [0.29, 0.717) is 6.61 Å². The molecule has 3 rings (SSSR count). The van der Waals surface area contributed by atoms with Crippen LogP contribution < -0.4 is 0 Å². The minimum Gasteiger partial charge on any atom is -0.396 e. The topological polar surface area (TPSA) is 20.2 Å². The Bertz CT molecular complexity index is 451. The van der Waals surface area contributed by atoms with E-state index in [-0.39, 0.29) is 5.41 Å². The zero-order chi connectivity index (χ0) is 12.8. The van der Waals surface area contributed by atoms with Gasteiger partial charge in [0.25, 0.3) is 0 Å². The van der Waals surface area contributed by atoms with Crippen LogP contribution >= 0.6 is 0 Å². The van der Waals surface area contributed by atoms with Crippen LogP contribution in [0.3, 0.4) is 0 Å². The number of benzene rings is 1. The summed E-state index contributed by atoms with van der Waals surface area (Å²) < 4.78 is 0. The fraction of sp³-hybridized carbons (Fsp3) is 0.647. The Morgan fingerprint density at radius 3 is 2.61 bits per heavy atom. The van der Waals surface area contributed by atoms with E-state index < -0.39 is 0 Å². The molecule has 3 atom stereocenters. The highest BCUT2D eigenvalue weighted by molar-refractivity contribution is 5.31. The fourth-order valence-electron chi connectivity index (χ4n) is 4.34. The van der Waals surface area contributed by atoms with Crippen LogP contribution in [0.15, 0.2) is 18.2 Å². The third-order valence-electron chi connectivity index (χ3n) is 5.54. The molecule has 1 aromatic rings. The van der Waals surface area contributed by atoms with E-state index in [1.165, 1.54) is 42.4 Å². The van der Waals surface area contributed by atoms with Gasteiger partial charge >= 0.3 is 0 Å². The summed E-state index contributed by atoms with van der Waals surface area (Å²) in [6, 6.07) is 6.80. The standard InChI is InChI=1S/C17H24O/c1-12-3-4-14(7-13(12)2)9-17(11-18)10-15-5-6-16(17)8-15/h3-4,7,15-16,18H,5-6,8-11H2,1-2H3. The number of hydrogen-bond donors (Lipinski definition) is 1. The summed E-state index contributed by atoms with van der Waals surface area (Å²) in [5, 5.41) is 9.92. The molecule has 0 spiro atoms. The molecule has 1 aromatic carbocycles. The van der Waals surface area contributed by atoms with Gasteiger partial charge in [-0.05, 0) is 68.1 Å². The van der Waals surface area contributed by atoms with Crippen molar-refractivity contribution in [2.24, 2.45) is 17.3 Å². The van der Waals surface area contributed by atoms with Crippen molar-refractivity contribution in [3.8, 4) is 0 Å². The van der Waals surface area contributed by atoms with Crippen LogP contribution in [-0.4, -0.2) is 11.7 Å². The highest BCUT2D eigenvalue weighted by Crippen LogP contribution is 2.57. The van der Waals surface area contributed by atoms with Gasteiger partial charge in [0.05, 0.1) is 0 Å². The second-order valence-electron chi connectivity index (χ2n) is 6.70. The minimum absolute atomic E-state index is 0.199. The molecule has 0 aliphatic heterocycles. The van der Waals surface area contributed by atoms with E-state index in [1.54, 1.807) is 0 Å². The van der Waals surface area contributed by atoms with Gasteiger partial charge in [-0.2, -0.15) is 0 Å². The third-order valence-corrected chi connectivity index (χ3v) is 5.54. The molecule has 0 heterocycles. The van der Waals surface area contributed by atoms with E-state index in [1.807, 2.05) is 0 Å². The molecule has 2 bridgehead atoms. The van der Waals surface area contributed by atoms with Gasteiger partial charge in [0.2, 0.25) is 0 Å². The summed E-state index contributed by atoms with van der Waals surface area (Å²) in [6.07, 6.45) is 6.44. The lowest BCUT2D eigenvalue weighted by atomic mass is 9.70. The summed E-state index contributed by atoms with van der Waals surface area (Å²) in [5.41, 5.74) is 4.36. The molecular formula is C17H24O. The van der Waals surface area contributed by atoms with Crippen LogP contribution in [-0.2, 0) is 6.42 Å². The average Bonchev–Trinajstić information content (AvgIpc) is 2.94. The number of aliphatic hydroxyl groups excluding tert-OH is 1. The van der Waals surface area contributed by atoms with Gasteiger partial charge < -0.3 is 5.11 Å². The Kier molecular flexibility index (Phi) is 2.97. The van der Waals surface area contributed by atoms with Gasteiger partial charge in [-0.1, -0.05) is 24.6 Å². The fourth-order valence-corrected chi connectivity index (χ4v) is 4.34. The second kappa shape index (κ2) is 4.38. The molecule has 0 saturated heterocycles. The van der Waals surface area contributed by atoms with Crippen molar-refractivity contribution in [2.45, 2.75) is 46.0 Å². The molecule has 0 radical (unpaired) electrons. The van der Waals surface area contributed by atoms with Crippen LogP contribution in [0.2, 0.25) is 0 Å². The molecule has 18 heavy (non-hydrogen) atoms. The quantitative estimate of drug-likeness (QED) is 0.860. The third kappa shape index (κ3) is 1.89. The van der Waals surface area contributed by atoms with Crippen molar-refractivity contribution in [1.82, 2.24) is 0 Å². The largest absolute Gasteiger partial charge is 0.396 e. The summed E-state index contributed by atoms with van der Waals surface area (Å²) in [6.45, 7) is 4.73. The zero-order valence-electron chi connectivity index (χ0n) is 11.6. The van der Waals surface area contributed by atoms with E-state index in [2.05, 4.69) is 32.0 Å². The molecular weight excluding hydrogens is 220 g/mol. The molecule has 2 aliphatic carbocycles. The van der Waals surface area contributed by atoms with Crippen molar-refractivity contribution in [3.63, 3.8) is 0 Å². The maximum Gasteiger partial charge on any atom is 0.0493 e. The first-order chi connectivity index (χ1) is 8.63. The normalized spacial score (nSPS) is 34.2. The monoisotopic (exact) mass is 244 g/mol. The molecule has 2 saturated carbocycles. The maximum atomic E-state index is 9.92. The first-order valence-corrected chi connectivity index (χ1v) is 7.30. The SMILES string of the molecule is Cc1ccc(CC2(CO)CC3CCC2C3)cc1C. The molecule has 1 N–H and O–H groups in total. The molecule has 0 aromatic heterocycles. The van der Waals surface area contributed by atoms with Crippen molar-refractivity contribution >= 4 is 0 Å². The van der Waals surface area contributed by atoms with Gasteiger partial charge in [-0.3, -0.25) is 0 Å². The first kappa shape index (κ1) is 12.2. The Hall–Kier alpha value is -0.820. The lowest BCUT2D eigenvalue weighted by molar-refractivity contribution is 0.0651. The summed E-state index contributed by atoms with van der Waals surface area (Å²) in [7, 11) is 0.